The zero-order valence-corrected chi connectivity index (χ0v) is 33.9. The predicted octanol–water partition coefficient (Wildman–Crippen LogP) is -2.71. The number of carbonyl (C=O) groups is 9. The van der Waals surface area contributed by atoms with E-state index in [-0.39, 0.29) is 43.4 Å². The number of thioether (sulfide) groups is 1. The summed E-state index contributed by atoms with van der Waals surface area (Å²) < 4.78 is 0. The van der Waals surface area contributed by atoms with Gasteiger partial charge in [0.2, 0.25) is 53.2 Å². The molecule has 11 N–H and O–H groups in total. The van der Waals surface area contributed by atoms with E-state index in [0.29, 0.717) is 12.2 Å². The minimum Gasteiger partial charge on any atom is -0.394 e. The van der Waals surface area contributed by atoms with Crippen LogP contribution in [0.25, 0.3) is 0 Å². The van der Waals surface area contributed by atoms with E-state index in [1.54, 1.807) is 13.8 Å². The molecule has 7 atom stereocenters. The highest BCUT2D eigenvalue weighted by Gasteiger charge is 2.34. The molecule has 0 aromatic heterocycles. The molecule has 0 bridgehead atoms. The van der Waals surface area contributed by atoms with E-state index < -0.39 is 109 Å². The summed E-state index contributed by atoms with van der Waals surface area (Å²) in [6.07, 6.45) is 3.05. The van der Waals surface area contributed by atoms with Gasteiger partial charge in [-0.15, -0.1) is 0 Å². The molecule has 1 aliphatic heterocycles. The predicted molar refractivity (Wildman–Crippen MR) is 204 cm³/mol. The van der Waals surface area contributed by atoms with E-state index in [9.17, 15) is 48.3 Å². The fraction of sp³-hybridized carbons (Fsp3) is 0.743. The van der Waals surface area contributed by atoms with Crippen molar-refractivity contribution in [3.8, 4) is 0 Å². The lowest BCUT2D eigenvalue weighted by Gasteiger charge is -2.26. The Kier molecular flexibility index (Phi) is 21.3. The summed E-state index contributed by atoms with van der Waals surface area (Å²) in [7, 11) is 0. The number of hydrogen-bond acceptors (Lipinski definition) is 11. The third-order valence-corrected chi connectivity index (χ3v) is 9.16. The first kappa shape index (κ1) is 48.6. The molecule has 0 aromatic carbocycles. The first-order chi connectivity index (χ1) is 25.7. The van der Waals surface area contributed by atoms with Crippen LogP contribution in [0.15, 0.2) is 0 Å². The van der Waals surface area contributed by atoms with E-state index in [2.05, 4.69) is 42.5 Å². The van der Waals surface area contributed by atoms with Gasteiger partial charge < -0.3 is 53.4 Å². The van der Waals surface area contributed by atoms with Crippen molar-refractivity contribution < 1.29 is 48.3 Å². The zero-order valence-electron chi connectivity index (χ0n) is 33.0. The van der Waals surface area contributed by atoms with E-state index in [0.717, 1.165) is 0 Å². The molecule has 1 rings (SSSR count). The van der Waals surface area contributed by atoms with E-state index in [1.165, 1.54) is 18.7 Å². The normalized spacial score (nSPS) is 17.2. The second kappa shape index (κ2) is 24.1. The monoisotopic (exact) mass is 799 g/mol. The van der Waals surface area contributed by atoms with E-state index >= 15 is 0 Å². The van der Waals surface area contributed by atoms with Crippen LogP contribution >= 0.6 is 11.8 Å². The van der Waals surface area contributed by atoms with Crippen LogP contribution in [0.1, 0.15) is 80.6 Å². The summed E-state index contributed by atoms with van der Waals surface area (Å²) >= 11 is 1.46. The minimum absolute atomic E-state index is 0.00275. The molecule has 0 spiro atoms. The minimum atomic E-state index is -1.50. The van der Waals surface area contributed by atoms with Gasteiger partial charge >= 0.3 is 0 Å². The number of aliphatic hydroxyl groups is 1. The van der Waals surface area contributed by atoms with Crippen LogP contribution in [0, 0.1) is 17.8 Å². The number of rotatable bonds is 24. The van der Waals surface area contributed by atoms with E-state index in [4.69, 9.17) is 5.73 Å². The van der Waals surface area contributed by atoms with Gasteiger partial charge in [-0.3, -0.25) is 43.2 Å². The lowest BCUT2D eigenvalue weighted by atomic mass is 10.0. The molecule has 0 radical (unpaired) electrons. The van der Waals surface area contributed by atoms with Crippen LogP contribution in [0.3, 0.4) is 0 Å². The number of carbonyl (C=O) groups excluding carboxylic acids is 9. The van der Waals surface area contributed by atoms with Crippen molar-refractivity contribution in [1.29, 1.82) is 0 Å². The lowest BCUT2D eigenvalue weighted by molar-refractivity contribution is -0.135. The Morgan fingerprint density at radius 1 is 0.745 bits per heavy atom. The zero-order chi connectivity index (χ0) is 42.0. The van der Waals surface area contributed by atoms with Crippen LogP contribution in [0.2, 0.25) is 0 Å². The van der Waals surface area contributed by atoms with Gasteiger partial charge in [0.05, 0.1) is 13.2 Å². The standard InChI is InChI=1S/C35H61N9O10S/c1-17(2)13-23(42-31(50)22-9-10-26(46)39-22)32(51)38-20(7)30(49)44-28(19(5)6)35(54)37-15-27(47)40-25(16-45)34(53)43-24(14-18(3)4)33(52)41-21(29(36)48)11-12-55-8/h17-25,28,45H,9-16H2,1-8H3,(H2,36,48)(H,37,54)(H,38,51)(H,39,46)(H,40,47)(H,41,52)(H,42,50)(H,43,53)(H,44,49)/t20-,21-,22-,23-,24-,25-,28-/m0/s1. The quantitative estimate of drug-likeness (QED) is 0.0479. The summed E-state index contributed by atoms with van der Waals surface area (Å²) in [6.45, 7) is 10.6. The van der Waals surface area contributed by atoms with Crippen LogP contribution in [0.4, 0.5) is 0 Å². The number of nitrogens with two attached hydrogens (primary N) is 1. The van der Waals surface area contributed by atoms with Crippen molar-refractivity contribution in [2.75, 3.05) is 25.2 Å². The molecule has 0 aliphatic carbocycles. The number of hydrogen-bond donors (Lipinski definition) is 10. The first-order valence-electron chi connectivity index (χ1n) is 18.5. The fourth-order valence-electron chi connectivity index (χ4n) is 5.46. The third kappa shape index (κ3) is 17.7. The molecule has 20 heteroatoms. The SMILES string of the molecule is CSCC[C@H](NC(=O)[C@H](CC(C)C)NC(=O)[C@H](CO)NC(=O)CNC(=O)[C@@H](NC(=O)[C@H](C)NC(=O)[C@H](CC(C)C)NC(=O)[C@@H]1CCC(=O)N1)C(C)C)C(N)=O. The number of amides is 9. The van der Waals surface area contributed by atoms with Gasteiger partial charge in [-0.2, -0.15) is 11.8 Å². The summed E-state index contributed by atoms with van der Waals surface area (Å²) in [5.41, 5.74) is 5.43. The molecule has 1 saturated heterocycles. The molecule has 312 valence electrons. The molecule has 1 heterocycles. The van der Waals surface area contributed by atoms with Crippen LogP contribution in [-0.4, -0.2) is 126 Å². The second-order valence-electron chi connectivity index (χ2n) is 14.8. The van der Waals surface area contributed by atoms with Crippen LogP contribution in [0.5, 0.6) is 0 Å². The molecule has 1 fully saturated rings. The summed E-state index contributed by atoms with van der Waals surface area (Å²) in [4.78, 5) is 114. The molecule has 19 nitrogen and oxygen atoms in total. The molecule has 55 heavy (non-hydrogen) atoms. The molecule has 0 saturated carbocycles. The van der Waals surface area contributed by atoms with Crippen molar-refractivity contribution in [2.24, 2.45) is 23.5 Å². The first-order valence-corrected chi connectivity index (χ1v) is 19.9. The highest BCUT2D eigenvalue weighted by Crippen LogP contribution is 2.11. The van der Waals surface area contributed by atoms with Crippen molar-refractivity contribution in [1.82, 2.24) is 42.5 Å². The highest BCUT2D eigenvalue weighted by molar-refractivity contribution is 7.98. The van der Waals surface area contributed by atoms with Crippen molar-refractivity contribution in [2.45, 2.75) is 123 Å². The Bertz CT molecular complexity index is 1380. The smallest absolute Gasteiger partial charge is 0.245 e. The van der Waals surface area contributed by atoms with Crippen LogP contribution in [-0.2, 0) is 43.2 Å². The molecular formula is C35H61N9O10S. The number of nitrogens with one attached hydrogen (secondary N) is 8. The van der Waals surface area contributed by atoms with Crippen LogP contribution < -0.4 is 48.3 Å². The Hall–Kier alpha value is -4.46. The topological polar surface area (TPSA) is 296 Å². The van der Waals surface area contributed by atoms with E-state index in [1.807, 2.05) is 34.0 Å². The maximum absolute atomic E-state index is 13.1. The summed E-state index contributed by atoms with van der Waals surface area (Å²) in [6, 6.07) is -7.60. The van der Waals surface area contributed by atoms with Crippen molar-refractivity contribution in [3.05, 3.63) is 0 Å². The average Bonchev–Trinajstić information content (AvgIpc) is 3.54. The molecule has 1 aliphatic rings. The maximum atomic E-state index is 13.1. The Morgan fingerprint density at radius 2 is 1.29 bits per heavy atom. The summed E-state index contributed by atoms with van der Waals surface area (Å²) in [5.74, 6) is -5.98. The van der Waals surface area contributed by atoms with Crippen molar-refractivity contribution in [3.63, 3.8) is 0 Å². The summed E-state index contributed by atoms with van der Waals surface area (Å²) in [5, 5.41) is 30.0. The highest BCUT2D eigenvalue weighted by atomic mass is 32.2. The average molecular weight is 800 g/mol. The van der Waals surface area contributed by atoms with Gasteiger partial charge in [0.25, 0.3) is 0 Å². The largest absolute Gasteiger partial charge is 0.394 e. The van der Waals surface area contributed by atoms with Gasteiger partial charge in [-0.25, -0.2) is 0 Å². The number of primary amides is 1. The molecule has 9 amide bonds. The lowest BCUT2D eigenvalue weighted by Crippen LogP contribution is -2.59. The van der Waals surface area contributed by atoms with Gasteiger partial charge in [0, 0.05) is 6.42 Å². The van der Waals surface area contributed by atoms with Gasteiger partial charge in [-0.05, 0) is 62.4 Å². The Balaban J connectivity index is 2.83. The van der Waals surface area contributed by atoms with Gasteiger partial charge in [0.15, 0.2) is 0 Å². The fourth-order valence-corrected chi connectivity index (χ4v) is 5.94. The Labute approximate surface area is 326 Å². The number of aliphatic hydroxyl groups excluding tert-OH is 1. The molecular weight excluding hydrogens is 739 g/mol. The van der Waals surface area contributed by atoms with Crippen molar-refractivity contribution >= 4 is 64.9 Å². The van der Waals surface area contributed by atoms with Gasteiger partial charge in [-0.1, -0.05) is 41.5 Å². The Morgan fingerprint density at radius 3 is 1.78 bits per heavy atom. The maximum Gasteiger partial charge on any atom is 0.245 e. The van der Waals surface area contributed by atoms with Gasteiger partial charge in [0.1, 0.15) is 42.3 Å². The molecule has 0 unspecified atom stereocenters. The molecule has 0 aromatic rings. The third-order valence-electron chi connectivity index (χ3n) is 8.52. The second-order valence-corrected chi connectivity index (χ2v) is 15.8.